The van der Waals surface area contributed by atoms with Crippen LogP contribution in [0, 0.1) is 19.8 Å². The van der Waals surface area contributed by atoms with E-state index in [0.717, 1.165) is 35.6 Å². The molecule has 0 unspecified atom stereocenters. The van der Waals surface area contributed by atoms with Crippen LogP contribution in [0.2, 0.25) is 0 Å². The minimum absolute atomic E-state index is 0.0620. The maximum Gasteiger partial charge on any atom is 0.243 e. The number of aryl methyl sites for hydroxylation is 1. The maximum atomic E-state index is 12.2. The molecule has 0 radical (unpaired) electrons. The van der Waals surface area contributed by atoms with Gasteiger partial charge in [-0.2, -0.15) is 0 Å². The quantitative estimate of drug-likeness (QED) is 0.794. The summed E-state index contributed by atoms with van der Waals surface area (Å²) in [6, 6.07) is 5.84. The van der Waals surface area contributed by atoms with E-state index in [2.05, 4.69) is 5.32 Å². The fraction of sp³-hybridized carbons (Fsp3) is 0.619. The molecule has 4 heteroatoms. The van der Waals surface area contributed by atoms with E-state index in [1.807, 2.05) is 32.0 Å². The normalized spacial score (nSPS) is 15.0. The van der Waals surface area contributed by atoms with Gasteiger partial charge in [0.1, 0.15) is 0 Å². The summed E-state index contributed by atoms with van der Waals surface area (Å²) in [6.45, 7) is 4.12. The topological polar surface area (TPSA) is 49.4 Å². The Morgan fingerprint density at radius 2 is 1.88 bits per heavy atom. The molecule has 1 aromatic rings. The number of anilines is 1. The van der Waals surface area contributed by atoms with Gasteiger partial charge in [-0.3, -0.25) is 9.59 Å². The molecule has 1 aliphatic carbocycles. The number of carbonyl (C=O) groups excluding carboxylic acids is 2. The molecule has 1 fully saturated rings. The van der Waals surface area contributed by atoms with Crippen molar-refractivity contribution in [3.05, 3.63) is 29.3 Å². The molecule has 0 bridgehead atoms. The Labute approximate surface area is 152 Å². The highest BCUT2D eigenvalue weighted by Crippen LogP contribution is 2.27. The number of hydrogen-bond acceptors (Lipinski definition) is 2. The van der Waals surface area contributed by atoms with Crippen molar-refractivity contribution in [2.75, 3.05) is 18.9 Å². The molecule has 1 N–H and O–H groups in total. The van der Waals surface area contributed by atoms with Crippen LogP contribution in [0.3, 0.4) is 0 Å². The maximum absolute atomic E-state index is 12.2. The van der Waals surface area contributed by atoms with E-state index < -0.39 is 0 Å². The van der Waals surface area contributed by atoms with Crippen LogP contribution in [0.25, 0.3) is 0 Å². The first-order chi connectivity index (χ1) is 12.0. The molecule has 0 aromatic heterocycles. The first-order valence-corrected chi connectivity index (χ1v) is 9.57. The second kappa shape index (κ2) is 9.59. The van der Waals surface area contributed by atoms with Crippen molar-refractivity contribution in [3.63, 3.8) is 0 Å². The van der Waals surface area contributed by atoms with Crippen LogP contribution in [0.4, 0.5) is 5.69 Å². The molecule has 0 saturated heterocycles. The minimum Gasteiger partial charge on any atom is -0.336 e. The number of carbonyl (C=O) groups is 2. The van der Waals surface area contributed by atoms with E-state index in [4.69, 9.17) is 0 Å². The summed E-state index contributed by atoms with van der Waals surface area (Å²) in [5, 5.41) is 2.91. The Hall–Kier alpha value is -1.84. The largest absolute Gasteiger partial charge is 0.336 e. The Bertz CT molecular complexity index is 592. The number of benzene rings is 1. The molecular formula is C21H32N2O2. The first kappa shape index (κ1) is 19.5. The zero-order chi connectivity index (χ0) is 18.2. The van der Waals surface area contributed by atoms with E-state index in [9.17, 15) is 9.59 Å². The molecular weight excluding hydrogens is 312 g/mol. The van der Waals surface area contributed by atoms with Gasteiger partial charge in [0.2, 0.25) is 11.8 Å². The van der Waals surface area contributed by atoms with Crippen LogP contribution >= 0.6 is 0 Å². The van der Waals surface area contributed by atoms with Crippen LogP contribution in [-0.2, 0) is 9.59 Å². The van der Waals surface area contributed by atoms with Gasteiger partial charge in [-0.25, -0.2) is 0 Å². The molecule has 0 aliphatic heterocycles. The monoisotopic (exact) mass is 344 g/mol. The molecule has 2 rings (SSSR count). The fourth-order valence-corrected chi connectivity index (χ4v) is 3.59. The molecule has 1 aromatic carbocycles. The molecule has 0 spiro atoms. The van der Waals surface area contributed by atoms with Crippen molar-refractivity contribution in [3.8, 4) is 0 Å². The van der Waals surface area contributed by atoms with E-state index in [-0.39, 0.29) is 18.4 Å². The third-order valence-electron chi connectivity index (χ3n) is 5.41. The molecule has 2 amide bonds. The van der Waals surface area contributed by atoms with Crippen LogP contribution in [0.5, 0.6) is 0 Å². The third kappa shape index (κ3) is 6.18. The van der Waals surface area contributed by atoms with Crippen molar-refractivity contribution in [2.24, 2.45) is 5.92 Å². The zero-order valence-corrected chi connectivity index (χ0v) is 15.9. The number of likely N-dealkylation sites (N-methyl/N-ethyl adjacent to an activating group) is 1. The van der Waals surface area contributed by atoms with Crippen molar-refractivity contribution in [1.29, 1.82) is 0 Å². The third-order valence-corrected chi connectivity index (χ3v) is 5.41. The Morgan fingerprint density at radius 1 is 1.16 bits per heavy atom. The summed E-state index contributed by atoms with van der Waals surface area (Å²) >= 11 is 0. The smallest absolute Gasteiger partial charge is 0.243 e. The number of hydrogen-bond donors (Lipinski definition) is 1. The standard InChI is InChI=1S/C21H32N2O2/c1-16-9-7-13-19(17(16)2)22-20(24)15-23(3)21(25)14-8-12-18-10-5-4-6-11-18/h7,9,13,18H,4-6,8,10-12,14-15H2,1-3H3,(H,22,24). The molecule has 1 aliphatic rings. The summed E-state index contributed by atoms with van der Waals surface area (Å²) in [4.78, 5) is 26.0. The summed E-state index contributed by atoms with van der Waals surface area (Å²) < 4.78 is 0. The highest BCUT2D eigenvalue weighted by molar-refractivity contribution is 5.95. The molecule has 0 atom stereocenters. The highest BCUT2D eigenvalue weighted by Gasteiger charge is 2.16. The average Bonchev–Trinajstić information content (AvgIpc) is 2.59. The lowest BCUT2D eigenvalue weighted by Gasteiger charge is -2.22. The van der Waals surface area contributed by atoms with Gasteiger partial charge in [0.15, 0.2) is 0 Å². The van der Waals surface area contributed by atoms with Crippen molar-refractivity contribution >= 4 is 17.5 Å². The number of nitrogens with zero attached hydrogens (tertiary/aromatic N) is 1. The summed E-state index contributed by atoms with van der Waals surface area (Å²) in [5.74, 6) is 0.725. The second-order valence-electron chi connectivity index (χ2n) is 7.44. The average molecular weight is 344 g/mol. The highest BCUT2D eigenvalue weighted by atomic mass is 16.2. The summed E-state index contributed by atoms with van der Waals surface area (Å²) in [7, 11) is 1.71. The lowest BCUT2D eigenvalue weighted by Crippen LogP contribution is -2.35. The minimum atomic E-state index is -0.142. The van der Waals surface area contributed by atoms with Gasteiger partial charge in [-0.1, -0.05) is 44.2 Å². The van der Waals surface area contributed by atoms with E-state index in [1.54, 1.807) is 11.9 Å². The van der Waals surface area contributed by atoms with Crippen molar-refractivity contribution < 1.29 is 9.59 Å². The van der Waals surface area contributed by atoms with Gasteiger partial charge in [0, 0.05) is 19.2 Å². The van der Waals surface area contributed by atoms with Crippen molar-refractivity contribution in [2.45, 2.75) is 65.2 Å². The van der Waals surface area contributed by atoms with Crippen LogP contribution < -0.4 is 5.32 Å². The molecule has 25 heavy (non-hydrogen) atoms. The van der Waals surface area contributed by atoms with Crippen molar-refractivity contribution in [1.82, 2.24) is 4.90 Å². The van der Waals surface area contributed by atoms with E-state index >= 15 is 0 Å². The molecule has 4 nitrogen and oxygen atoms in total. The number of amides is 2. The summed E-state index contributed by atoms with van der Waals surface area (Å²) in [5.41, 5.74) is 3.03. The van der Waals surface area contributed by atoms with Gasteiger partial charge in [-0.05, 0) is 49.8 Å². The second-order valence-corrected chi connectivity index (χ2v) is 7.44. The Morgan fingerprint density at radius 3 is 2.60 bits per heavy atom. The van der Waals surface area contributed by atoms with Gasteiger partial charge in [0.25, 0.3) is 0 Å². The van der Waals surface area contributed by atoms with Crippen LogP contribution in [0.1, 0.15) is 62.5 Å². The SMILES string of the molecule is Cc1cccc(NC(=O)CN(C)C(=O)CCCC2CCCCC2)c1C. The Balaban J connectivity index is 1.72. The van der Waals surface area contributed by atoms with E-state index in [1.165, 1.54) is 32.1 Å². The van der Waals surface area contributed by atoms with Gasteiger partial charge in [-0.15, -0.1) is 0 Å². The Kier molecular flexibility index (Phi) is 7.48. The molecule has 1 saturated carbocycles. The lowest BCUT2D eigenvalue weighted by molar-refractivity contribution is -0.133. The molecule has 0 heterocycles. The van der Waals surface area contributed by atoms with Gasteiger partial charge < -0.3 is 10.2 Å². The lowest BCUT2D eigenvalue weighted by atomic mass is 9.86. The zero-order valence-electron chi connectivity index (χ0n) is 15.9. The predicted molar refractivity (Wildman–Crippen MR) is 103 cm³/mol. The van der Waals surface area contributed by atoms with Crippen LogP contribution in [-0.4, -0.2) is 30.3 Å². The van der Waals surface area contributed by atoms with Gasteiger partial charge in [0.05, 0.1) is 6.54 Å². The number of nitrogens with one attached hydrogen (secondary N) is 1. The van der Waals surface area contributed by atoms with Gasteiger partial charge >= 0.3 is 0 Å². The van der Waals surface area contributed by atoms with Crippen LogP contribution in [0.15, 0.2) is 18.2 Å². The fourth-order valence-electron chi connectivity index (χ4n) is 3.59. The summed E-state index contributed by atoms with van der Waals surface area (Å²) in [6.07, 6.45) is 9.33. The molecule has 138 valence electrons. The predicted octanol–water partition coefficient (Wildman–Crippen LogP) is 4.45. The number of rotatable bonds is 7. The first-order valence-electron chi connectivity index (χ1n) is 9.57. The van der Waals surface area contributed by atoms with E-state index in [0.29, 0.717) is 6.42 Å².